The summed E-state index contributed by atoms with van der Waals surface area (Å²) in [6.07, 6.45) is 0. The zero-order chi connectivity index (χ0) is 27.0. The minimum atomic E-state index is -4.95. The highest BCUT2D eigenvalue weighted by Gasteiger charge is 2.45. The van der Waals surface area contributed by atoms with Crippen LogP contribution in [-0.4, -0.2) is 30.3 Å². The van der Waals surface area contributed by atoms with E-state index < -0.39 is 24.9 Å². The van der Waals surface area contributed by atoms with E-state index in [1.54, 1.807) is 121 Å². The minimum absolute atomic E-state index is 0.175. The molecular weight excluding hydrogens is 523 g/mol. The molecule has 4 aromatic rings. The third kappa shape index (κ3) is 6.93. The second-order valence-electron chi connectivity index (χ2n) is 8.84. The molecular formula is C29H29FN2O4S2. The van der Waals surface area contributed by atoms with Gasteiger partial charge in [-0.15, -0.1) is 0 Å². The van der Waals surface area contributed by atoms with E-state index in [0.717, 1.165) is 8.61 Å². The second kappa shape index (κ2) is 12.4. The molecule has 198 valence electrons. The van der Waals surface area contributed by atoms with Gasteiger partial charge in [-0.1, -0.05) is 121 Å². The van der Waals surface area contributed by atoms with Crippen LogP contribution in [0.25, 0.3) is 0 Å². The fourth-order valence-corrected chi connectivity index (χ4v) is 7.75. The van der Waals surface area contributed by atoms with Crippen molar-refractivity contribution in [3.8, 4) is 0 Å². The number of hydrogen-bond acceptors (Lipinski definition) is 4. The lowest BCUT2D eigenvalue weighted by atomic mass is 10.2. The Balaban J connectivity index is 1.69. The van der Waals surface area contributed by atoms with Gasteiger partial charge in [0, 0.05) is 26.2 Å². The predicted molar refractivity (Wildman–Crippen MR) is 147 cm³/mol. The quantitative estimate of drug-likeness (QED) is 0.239. The first-order chi connectivity index (χ1) is 18.3. The van der Waals surface area contributed by atoms with Crippen molar-refractivity contribution in [2.75, 3.05) is 0 Å². The summed E-state index contributed by atoms with van der Waals surface area (Å²) in [6, 6.07) is 34.8. The van der Waals surface area contributed by atoms with Crippen LogP contribution in [0.4, 0.5) is 4.39 Å². The Bertz CT molecular complexity index is 1300. The van der Waals surface area contributed by atoms with Gasteiger partial charge in [0.2, 0.25) is 0 Å². The van der Waals surface area contributed by atoms with Crippen LogP contribution in [-0.2, 0) is 46.2 Å². The van der Waals surface area contributed by atoms with Gasteiger partial charge >= 0.3 is 4.84 Å². The summed E-state index contributed by atoms with van der Waals surface area (Å²) >= 11 is 0. The van der Waals surface area contributed by atoms with E-state index in [4.69, 9.17) is 0 Å². The Labute approximate surface area is 224 Å². The molecule has 0 saturated carbocycles. The molecule has 4 aromatic carbocycles. The molecule has 4 rings (SSSR count). The molecule has 0 aliphatic rings. The van der Waals surface area contributed by atoms with Crippen LogP contribution in [0.2, 0.25) is 0 Å². The van der Waals surface area contributed by atoms with Crippen molar-refractivity contribution in [2.45, 2.75) is 31.0 Å². The molecule has 0 fully saturated rings. The molecule has 0 aliphatic heterocycles. The average molecular weight is 553 g/mol. The zero-order valence-electron chi connectivity index (χ0n) is 20.7. The zero-order valence-corrected chi connectivity index (χ0v) is 22.3. The number of alkyl halides is 1. The molecule has 0 atom stereocenters. The number of sulfonamides is 2. The molecule has 0 unspecified atom stereocenters. The minimum Gasteiger partial charge on any atom is -0.209 e. The van der Waals surface area contributed by atoms with E-state index in [0.29, 0.717) is 22.3 Å². The fraction of sp³-hybridized carbons (Fsp3) is 0.172. The van der Waals surface area contributed by atoms with Gasteiger partial charge in [-0.25, -0.2) is 21.2 Å². The van der Waals surface area contributed by atoms with Gasteiger partial charge in [0.05, 0.1) is 0 Å². The first kappa shape index (κ1) is 27.7. The summed E-state index contributed by atoms with van der Waals surface area (Å²) in [5.41, 5.74) is 2.45. The number of halogens is 1. The third-order valence-electron chi connectivity index (χ3n) is 6.00. The highest BCUT2D eigenvalue weighted by molar-refractivity contribution is 8.06. The monoisotopic (exact) mass is 552 g/mol. The molecule has 0 aliphatic carbocycles. The summed E-state index contributed by atoms with van der Waals surface area (Å²) in [7, 11) is -9.90. The van der Waals surface area contributed by atoms with Gasteiger partial charge in [-0.2, -0.15) is 8.61 Å². The normalized spacial score (nSPS) is 12.3. The molecule has 0 radical (unpaired) electrons. The van der Waals surface area contributed by atoms with Crippen molar-refractivity contribution in [1.29, 1.82) is 0 Å². The molecule has 0 aromatic heterocycles. The highest BCUT2D eigenvalue weighted by atomic mass is 32.3. The lowest BCUT2D eigenvalue weighted by Crippen LogP contribution is -2.45. The van der Waals surface area contributed by atoms with Gasteiger partial charge in [0.1, 0.15) is 0 Å². The summed E-state index contributed by atoms with van der Waals surface area (Å²) in [6.45, 7) is -0.701. The van der Waals surface area contributed by atoms with Gasteiger partial charge in [0.15, 0.2) is 0 Å². The maximum absolute atomic E-state index is 16.0. The maximum Gasteiger partial charge on any atom is 0.327 e. The summed E-state index contributed by atoms with van der Waals surface area (Å²) in [5, 5.41) is 0. The molecule has 9 heteroatoms. The average Bonchev–Trinajstić information content (AvgIpc) is 2.94. The fourth-order valence-electron chi connectivity index (χ4n) is 4.01. The predicted octanol–water partition coefficient (Wildman–Crippen LogP) is 5.30. The smallest absolute Gasteiger partial charge is 0.209 e. The highest BCUT2D eigenvalue weighted by Crippen LogP contribution is 2.26. The van der Waals surface area contributed by atoms with Crippen LogP contribution in [0.1, 0.15) is 22.3 Å². The SMILES string of the molecule is O=S(=O)(C(F)S(=O)(=O)N(Cc1ccccc1)Cc1ccccc1)N(Cc1ccccc1)Cc1ccccc1. The number of nitrogens with zero attached hydrogens (tertiary/aromatic N) is 2. The molecule has 0 spiro atoms. The van der Waals surface area contributed by atoms with Gasteiger partial charge in [-0.3, -0.25) is 0 Å². The van der Waals surface area contributed by atoms with Crippen LogP contribution in [0.15, 0.2) is 121 Å². The standard InChI is InChI=1S/C29H29FN2O4S2/c30-29(37(33,34)31(21-25-13-5-1-6-14-25)22-26-15-7-2-8-16-26)38(35,36)32(23-27-17-9-3-10-18-27)24-28-19-11-4-12-20-28/h1-20,29H,21-24H2. The number of hydrogen-bond donors (Lipinski definition) is 0. The molecule has 0 N–H and O–H groups in total. The van der Waals surface area contributed by atoms with Gasteiger partial charge in [0.25, 0.3) is 20.0 Å². The Morgan fingerprint density at radius 1 is 0.447 bits per heavy atom. The van der Waals surface area contributed by atoms with E-state index >= 15 is 4.39 Å². The van der Waals surface area contributed by atoms with Crippen LogP contribution in [0.3, 0.4) is 0 Å². The molecule has 0 saturated heterocycles. The van der Waals surface area contributed by atoms with Gasteiger partial charge in [-0.05, 0) is 22.3 Å². The van der Waals surface area contributed by atoms with Crippen molar-refractivity contribution in [2.24, 2.45) is 0 Å². The van der Waals surface area contributed by atoms with Crippen molar-refractivity contribution in [1.82, 2.24) is 8.61 Å². The van der Waals surface area contributed by atoms with Crippen molar-refractivity contribution in [3.05, 3.63) is 144 Å². The Hall–Kier alpha value is -3.37. The van der Waals surface area contributed by atoms with Crippen molar-refractivity contribution >= 4 is 20.0 Å². The van der Waals surface area contributed by atoms with Crippen LogP contribution >= 0.6 is 0 Å². The van der Waals surface area contributed by atoms with E-state index in [-0.39, 0.29) is 26.2 Å². The summed E-state index contributed by atoms with van der Waals surface area (Å²) < 4.78 is 72.4. The molecule has 0 amide bonds. The molecule has 6 nitrogen and oxygen atoms in total. The lowest BCUT2D eigenvalue weighted by molar-refractivity contribution is 0.350. The van der Waals surface area contributed by atoms with Crippen LogP contribution in [0, 0.1) is 0 Å². The number of rotatable bonds is 12. The van der Waals surface area contributed by atoms with Crippen molar-refractivity contribution < 1.29 is 21.2 Å². The molecule has 38 heavy (non-hydrogen) atoms. The third-order valence-corrected chi connectivity index (χ3v) is 10.3. The van der Waals surface area contributed by atoms with E-state index in [1.165, 1.54) is 0 Å². The second-order valence-corrected chi connectivity index (χ2v) is 13.1. The molecule has 0 bridgehead atoms. The summed E-state index contributed by atoms with van der Waals surface area (Å²) in [5.74, 6) is 0. The van der Waals surface area contributed by atoms with Crippen LogP contribution < -0.4 is 0 Å². The summed E-state index contributed by atoms with van der Waals surface area (Å²) in [4.78, 5) is -3.19. The lowest BCUT2D eigenvalue weighted by Gasteiger charge is -2.28. The first-order valence-corrected chi connectivity index (χ1v) is 15.0. The maximum atomic E-state index is 16.0. The Morgan fingerprint density at radius 3 is 0.868 bits per heavy atom. The Kier molecular flexibility index (Phi) is 9.06. The molecule has 0 heterocycles. The van der Waals surface area contributed by atoms with E-state index in [9.17, 15) is 16.8 Å². The topological polar surface area (TPSA) is 74.8 Å². The largest absolute Gasteiger partial charge is 0.327 e. The Morgan fingerprint density at radius 2 is 0.658 bits per heavy atom. The van der Waals surface area contributed by atoms with E-state index in [1.807, 2.05) is 0 Å². The number of benzene rings is 4. The first-order valence-electron chi connectivity index (χ1n) is 12.0. The van der Waals surface area contributed by atoms with Crippen LogP contribution in [0.5, 0.6) is 0 Å². The van der Waals surface area contributed by atoms with E-state index in [2.05, 4.69) is 0 Å². The van der Waals surface area contributed by atoms with Crippen molar-refractivity contribution in [3.63, 3.8) is 0 Å². The van der Waals surface area contributed by atoms with Gasteiger partial charge < -0.3 is 0 Å².